The fourth-order valence-electron chi connectivity index (χ4n) is 2.87. The normalized spacial score (nSPS) is 23.6. The second-order valence-electron chi connectivity index (χ2n) is 6.09. The lowest BCUT2D eigenvalue weighted by Crippen LogP contribution is -2.37. The van der Waals surface area contributed by atoms with Gasteiger partial charge >= 0.3 is 0 Å². The van der Waals surface area contributed by atoms with Crippen molar-refractivity contribution in [1.82, 2.24) is 20.0 Å². The highest BCUT2D eigenvalue weighted by Gasteiger charge is 2.38. The zero-order chi connectivity index (χ0) is 14.2. The number of likely N-dealkylation sites (tertiary alicyclic amines) is 1. The summed E-state index contributed by atoms with van der Waals surface area (Å²) in [5.41, 5.74) is 1.45. The molecule has 1 aliphatic rings. The Morgan fingerprint density at radius 3 is 2.58 bits per heavy atom. The first-order valence-corrected chi connectivity index (χ1v) is 6.88. The largest absolute Gasteiger partial charge is 0.335 e. The summed E-state index contributed by atoms with van der Waals surface area (Å²) < 4.78 is 0. The molecule has 0 aromatic carbocycles. The van der Waals surface area contributed by atoms with Crippen LogP contribution in [-0.4, -0.2) is 59.1 Å². The molecule has 0 bridgehead atoms. The molecule has 0 radical (unpaired) electrons. The van der Waals surface area contributed by atoms with Gasteiger partial charge in [-0.25, -0.2) is 0 Å². The number of nitrogens with zero attached hydrogens (tertiary/aromatic N) is 3. The number of aromatic nitrogens is 2. The molecule has 106 valence electrons. The molecule has 2 atom stereocenters. The van der Waals surface area contributed by atoms with Crippen LogP contribution in [0.1, 0.15) is 30.0 Å². The summed E-state index contributed by atoms with van der Waals surface area (Å²) >= 11 is 0. The van der Waals surface area contributed by atoms with Crippen LogP contribution in [0.4, 0.5) is 0 Å². The lowest BCUT2D eigenvalue weighted by atomic mass is 9.91. The minimum Gasteiger partial charge on any atom is -0.335 e. The van der Waals surface area contributed by atoms with Crippen molar-refractivity contribution >= 4 is 5.91 Å². The van der Waals surface area contributed by atoms with Crippen molar-refractivity contribution in [2.24, 2.45) is 11.8 Å². The van der Waals surface area contributed by atoms with E-state index in [1.807, 2.05) is 17.9 Å². The third kappa shape index (κ3) is 2.81. The fourth-order valence-corrected chi connectivity index (χ4v) is 2.87. The SMILES string of the molecule is Cc1cc(C(=O)N2C[C@@H](N(C)C)[C@H](C(C)C)C2)n[nH]1. The molecular formula is C14H24N4O. The van der Waals surface area contributed by atoms with Gasteiger partial charge in [0, 0.05) is 24.8 Å². The summed E-state index contributed by atoms with van der Waals surface area (Å²) in [5.74, 6) is 1.14. The predicted molar refractivity (Wildman–Crippen MR) is 75.0 cm³/mol. The smallest absolute Gasteiger partial charge is 0.274 e. The number of carbonyl (C=O) groups is 1. The van der Waals surface area contributed by atoms with Crippen molar-refractivity contribution in [3.05, 3.63) is 17.5 Å². The number of carbonyl (C=O) groups excluding carboxylic acids is 1. The average molecular weight is 264 g/mol. The quantitative estimate of drug-likeness (QED) is 0.897. The molecule has 1 N–H and O–H groups in total. The van der Waals surface area contributed by atoms with Crippen LogP contribution in [0, 0.1) is 18.8 Å². The molecule has 5 nitrogen and oxygen atoms in total. The van der Waals surface area contributed by atoms with Gasteiger partial charge in [0.05, 0.1) is 0 Å². The molecule has 0 unspecified atom stereocenters. The Kier molecular flexibility index (Phi) is 3.94. The predicted octanol–water partition coefficient (Wildman–Crippen LogP) is 1.38. The molecular weight excluding hydrogens is 240 g/mol. The van der Waals surface area contributed by atoms with Crippen molar-refractivity contribution < 1.29 is 4.79 Å². The first-order valence-electron chi connectivity index (χ1n) is 6.88. The number of amides is 1. The molecule has 1 aliphatic heterocycles. The molecule has 0 spiro atoms. The fraction of sp³-hybridized carbons (Fsp3) is 0.714. The Balaban J connectivity index is 2.13. The van der Waals surface area contributed by atoms with E-state index in [-0.39, 0.29) is 5.91 Å². The minimum atomic E-state index is 0.0411. The summed E-state index contributed by atoms with van der Waals surface area (Å²) in [6.07, 6.45) is 0. The Morgan fingerprint density at radius 2 is 2.16 bits per heavy atom. The standard InChI is InChI=1S/C14H24N4O/c1-9(2)11-7-18(8-13(11)17(4)5)14(19)12-6-10(3)15-16-12/h6,9,11,13H,7-8H2,1-5H3,(H,15,16)/t11-,13+/m0/s1. The van der Waals surface area contributed by atoms with Crippen molar-refractivity contribution in [2.75, 3.05) is 27.2 Å². The van der Waals surface area contributed by atoms with Crippen molar-refractivity contribution in [1.29, 1.82) is 0 Å². The van der Waals surface area contributed by atoms with Gasteiger partial charge in [-0.3, -0.25) is 9.89 Å². The molecule has 0 aliphatic carbocycles. The number of H-pyrrole nitrogens is 1. The van der Waals surface area contributed by atoms with Crippen molar-refractivity contribution in [3.8, 4) is 0 Å². The molecule has 1 saturated heterocycles. The van der Waals surface area contributed by atoms with Gasteiger partial charge in [-0.2, -0.15) is 5.10 Å². The van der Waals surface area contributed by atoms with Crippen molar-refractivity contribution in [3.63, 3.8) is 0 Å². The van der Waals surface area contributed by atoms with Crippen LogP contribution in [-0.2, 0) is 0 Å². The van der Waals surface area contributed by atoms with Gasteiger partial charge in [-0.05, 0) is 38.9 Å². The van der Waals surface area contributed by atoms with Gasteiger partial charge in [0.2, 0.25) is 0 Å². The zero-order valence-corrected chi connectivity index (χ0v) is 12.5. The summed E-state index contributed by atoms with van der Waals surface area (Å²) in [6, 6.07) is 2.25. The van der Waals surface area contributed by atoms with E-state index in [1.54, 1.807) is 0 Å². The molecule has 1 amide bonds. The highest BCUT2D eigenvalue weighted by molar-refractivity contribution is 5.92. The molecule has 19 heavy (non-hydrogen) atoms. The lowest BCUT2D eigenvalue weighted by molar-refractivity contribution is 0.0774. The molecule has 1 aromatic rings. The van der Waals surface area contributed by atoms with E-state index in [9.17, 15) is 4.79 Å². The van der Waals surface area contributed by atoms with Crippen LogP contribution >= 0.6 is 0 Å². The summed E-state index contributed by atoms with van der Waals surface area (Å²) in [5, 5.41) is 6.90. The number of aromatic amines is 1. The average Bonchev–Trinajstić information content (AvgIpc) is 2.93. The van der Waals surface area contributed by atoms with E-state index >= 15 is 0 Å². The van der Waals surface area contributed by atoms with Gasteiger partial charge < -0.3 is 9.80 Å². The number of rotatable bonds is 3. The highest BCUT2D eigenvalue weighted by atomic mass is 16.2. The van der Waals surface area contributed by atoms with Crippen LogP contribution in [0.5, 0.6) is 0 Å². The van der Waals surface area contributed by atoms with E-state index in [4.69, 9.17) is 0 Å². The Bertz CT molecular complexity index is 436. The first-order chi connectivity index (χ1) is 8.90. The maximum Gasteiger partial charge on any atom is 0.274 e. The molecule has 2 rings (SSSR count). The van der Waals surface area contributed by atoms with Gasteiger partial charge in [-0.1, -0.05) is 13.8 Å². The van der Waals surface area contributed by atoms with Crippen LogP contribution in [0.2, 0.25) is 0 Å². The number of aryl methyl sites for hydroxylation is 1. The van der Waals surface area contributed by atoms with E-state index in [2.05, 4.69) is 43.0 Å². The first kappa shape index (κ1) is 14.1. The summed E-state index contributed by atoms with van der Waals surface area (Å²) in [7, 11) is 4.18. The molecule has 0 saturated carbocycles. The second kappa shape index (κ2) is 5.33. The Labute approximate surface area is 115 Å². The van der Waals surface area contributed by atoms with Gasteiger partial charge in [0.1, 0.15) is 5.69 Å². The van der Waals surface area contributed by atoms with E-state index in [1.165, 1.54) is 0 Å². The van der Waals surface area contributed by atoms with E-state index in [0.717, 1.165) is 18.8 Å². The van der Waals surface area contributed by atoms with Gasteiger partial charge in [-0.15, -0.1) is 0 Å². The number of hydrogen-bond donors (Lipinski definition) is 1. The third-order valence-corrected chi connectivity index (χ3v) is 4.06. The monoisotopic (exact) mass is 264 g/mol. The van der Waals surface area contributed by atoms with Gasteiger partial charge in [0.25, 0.3) is 5.91 Å². The van der Waals surface area contributed by atoms with Crippen molar-refractivity contribution in [2.45, 2.75) is 26.8 Å². The Hall–Kier alpha value is -1.36. The number of nitrogens with one attached hydrogen (secondary N) is 1. The maximum atomic E-state index is 12.4. The molecule has 5 heteroatoms. The van der Waals surface area contributed by atoms with Crippen LogP contribution < -0.4 is 0 Å². The van der Waals surface area contributed by atoms with Crippen LogP contribution in [0.3, 0.4) is 0 Å². The topological polar surface area (TPSA) is 52.2 Å². The van der Waals surface area contributed by atoms with E-state index < -0.39 is 0 Å². The molecule has 2 heterocycles. The summed E-state index contributed by atoms with van der Waals surface area (Å²) in [4.78, 5) is 16.6. The Morgan fingerprint density at radius 1 is 1.47 bits per heavy atom. The lowest BCUT2D eigenvalue weighted by Gasteiger charge is -2.27. The van der Waals surface area contributed by atoms with Gasteiger partial charge in [0.15, 0.2) is 0 Å². The molecule has 1 fully saturated rings. The van der Waals surface area contributed by atoms with E-state index in [0.29, 0.717) is 23.6 Å². The molecule has 1 aromatic heterocycles. The summed E-state index contributed by atoms with van der Waals surface area (Å²) in [6.45, 7) is 7.99. The zero-order valence-electron chi connectivity index (χ0n) is 12.5. The minimum absolute atomic E-state index is 0.0411. The van der Waals surface area contributed by atoms with Crippen LogP contribution in [0.15, 0.2) is 6.07 Å². The van der Waals surface area contributed by atoms with Crippen LogP contribution in [0.25, 0.3) is 0 Å². The maximum absolute atomic E-state index is 12.4. The highest BCUT2D eigenvalue weighted by Crippen LogP contribution is 2.28. The second-order valence-corrected chi connectivity index (χ2v) is 6.09. The number of hydrogen-bond acceptors (Lipinski definition) is 3. The third-order valence-electron chi connectivity index (χ3n) is 4.06. The number of likely N-dealkylation sites (N-methyl/N-ethyl adjacent to an activating group) is 1.